The van der Waals surface area contributed by atoms with Crippen LogP contribution in [0.15, 0.2) is 0 Å². The van der Waals surface area contributed by atoms with Crippen molar-refractivity contribution in [2.75, 3.05) is 7.11 Å². The second kappa shape index (κ2) is 15.8. The van der Waals surface area contributed by atoms with E-state index in [9.17, 15) is 9.90 Å². The molecule has 0 saturated carbocycles. The molecule has 0 aromatic carbocycles. The van der Waals surface area contributed by atoms with E-state index in [-0.39, 0.29) is 12.1 Å². The maximum atomic E-state index is 10.9. The van der Waals surface area contributed by atoms with Gasteiger partial charge in [-0.3, -0.25) is 4.79 Å². The molecule has 1 N–H and O–H groups in total. The number of carbonyl (C=O) groups excluding carboxylic acids is 1. The molecule has 0 aromatic rings. The van der Waals surface area contributed by atoms with Crippen LogP contribution in [0.4, 0.5) is 0 Å². The summed E-state index contributed by atoms with van der Waals surface area (Å²) in [6, 6.07) is 0. The number of rotatable bonds is 15. The average molecular weight is 300 g/mol. The molecule has 0 rings (SSSR count). The molecule has 0 heterocycles. The van der Waals surface area contributed by atoms with Gasteiger partial charge in [0.15, 0.2) is 0 Å². The Hall–Kier alpha value is -0.570. The first-order chi connectivity index (χ1) is 10.2. The molecule has 0 aliphatic rings. The third kappa shape index (κ3) is 15.6. The van der Waals surface area contributed by atoms with Gasteiger partial charge >= 0.3 is 5.97 Å². The minimum absolute atomic E-state index is 0.0816. The Morgan fingerprint density at radius 1 is 0.857 bits per heavy atom. The summed E-state index contributed by atoms with van der Waals surface area (Å²) < 4.78 is 4.61. The topological polar surface area (TPSA) is 46.5 Å². The molecule has 1 atom stereocenters. The fraction of sp³-hybridized carbons (Fsp3) is 0.944. The van der Waals surface area contributed by atoms with Crippen LogP contribution in [0.5, 0.6) is 0 Å². The lowest BCUT2D eigenvalue weighted by molar-refractivity contribution is -0.140. The van der Waals surface area contributed by atoms with Gasteiger partial charge in [0, 0.05) is 6.42 Å². The molecule has 3 heteroatoms. The number of unbranched alkanes of at least 4 members (excludes halogenated alkanes) is 9. The number of carbonyl (C=O) groups is 1. The highest BCUT2D eigenvalue weighted by molar-refractivity contribution is 5.68. The lowest BCUT2D eigenvalue weighted by Gasteiger charge is -2.10. The summed E-state index contributed by atoms with van der Waals surface area (Å²) in [7, 11) is 1.45. The Balaban J connectivity index is 3.15. The summed E-state index contributed by atoms with van der Waals surface area (Å²) in [5.41, 5.74) is 0. The Morgan fingerprint density at radius 3 is 1.86 bits per heavy atom. The molecule has 21 heavy (non-hydrogen) atoms. The van der Waals surface area contributed by atoms with E-state index in [0.717, 1.165) is 32.1 Å². The van der Waals surface area contributed by atoms with Crippen LogP contribution in [-0.4, -0.2) is 24.3 Å². The smallest absolute Gasteiger partial charge is 0.305 e. The van der Waals surface area contributed by atoms with Crippen molar-refractivity contribution in [2.45, 2.75) is 103 Å². The molecule has 0 spiro atoms. The highest BCUT2D eigenvalue weighted by Crippen LogP contribution is 2.14. The van der Waals surface area contributed by atoms with Gasteiger partial charge in [0.1, 0.15) is 0 Å². The first-order valence-electron chi connectivity index (χ1n) is 8.95. The van der Waals surface area contributed by atoms with E-state index in [2.05, 4.69) is 11.7 Å². The van der Waals surface area contributed by atoms with E-state index in [1.165, 1.54) is 58.5 Å². The van der Waals surface area contributed by atoms with Gasteiger partial charge in [0.25, 0.3) is 0 Å². The zero-order valence-corrected chi connectivity index (χ0v) is 14.2. The van der Waals surface area contributed by atoms with Gasteiger partial charge < -0.3 is 9.84 Å². The lowest BCUT2D eigenvalue weighted by Crippen LogP contribution is -2.05. The standard InChI is InChI=1S/C18H36O3/c1-3-4-5-11-14-17(19)15-12-9-7-6-8-10-13-16-18(20)21-2/h17,19H,3-16H2,1-2H3/t17-/m0/s1. The van der Waals surface area contributed by atoms with E-state index in [0.29, 0.717) is 6.42 Å². The highest BCUT2D eigenvalue weighted by Gasteiger charge is 2.03. The van der Waals surface area contributed by atoms with Gasteiger partial charge in [-0.1, -0.05) is 71.1 Å². The van der Waals surface area contributed by atoms with Gasteiger partial charge in [-0.2, -0.15) is 0 Å². The quantitative estimate of drug-likeness (QED) is 0.342. The van der Waals surface area contributed by atoms with Gasteiger partial charge in [0.05, 0.1) is 13.2 Å². The fourth-order valence-corrected chi connectivity index (χ4v) is 2.59. The van der Waals surface area contributed by atoms with E-state index < -0.39 is 0 Å². The molecule has 0 radical (unpaired) electrons. The Morgan fingerprint density at radius 2 is 1.33 bits per heavy atom. The molecule has 0 aromatic heterocycles. The molecule has 126 valence electrons. The Kier molecular flexibility index (Phi) is 15.4. The molecule has 0 amide bonds. The van der Waals surface area contributed by atoms with Gasteiger partial charge in [-0.25, -0.2) is 0 Å². The normalized spacial score (nSPS) is 12.3. The number of esters is 1. The third-order valence-electron chi connectivity index (χ3n) is 4.04. The number of hydrogen-bond donors (Lipinski definition) is 1. The summed E-state index contributed by atoms with van der Waals surface area (Å²) in [6.07, 6.45) is 15.6. The number of methoxy groups -OCH3 is 1. The Bertz CT molecular complexity index is 229. The van der Waals surface area contributed by atoms with Crippen LogP contribution in [-0.2, 0) is 9.53 Å². The molecule has 0 aliphatic carbocycles. The van der Waals surface area contributed by atoms with Crippen molar-refractivity contribution in [1.82, 2.24) is 0 Å². The minimum Gasteiger partial charge on any atom is -0.469 e. The van der Waals surface area contributed by atoms with Gasteiger partial charge in [-0.05, 0) is 19.3 Å². The number of aliphatic hydroxyl groups excluding tert-OH is 1. The molecule has 0 bridgehead atoms. The van der Waals surface area contributed by atoms with E-state index in [1.807, 2.05) is 0 Å². The van der Waals surface area contributed by atoms with Crippen molar-refractivity contribution in [3.8, 4) is 0 Å². The van der Waals surface area contributed by atoms with Crippen LogP contribution in [0.2, 0.25) is 0 Å². The predicted octanol–water partition coefficient (Wildman–Crippen LogP) is 5.00. The summed E-state index contributed by atoms with van der Waals surface area (Å²) in [4.78, 5) is 10.9. The van der Waals surface area contributed by atoms with E-state index in [1.54, 1.807) is 0 Å². The second-order valence-electron chi connectivity index (χ2n) is 6.09. The van der Waals surface area contributed by atoms with Crippen LogP contribution in [0.1, 0.15) is 96.8 Å². The minimum atomic E-state index is -0.0945. The maximum absolute atomic E-state index is 10.9. The van der Waals surface area contributed by atoms with Crippen molar-refractivity contribution < 1.29 is 14.6 Å². The first-order valence-corrected chi connectivity index (χ1v) is 8.95. The van der Waals surface area contributed by atoms with Crippen LogP contribution in [0.3, 0.4) is 0 Å². The van der Waals surface area contributed by atoms with Crippen LogP contribution in [0.25, 0.3) is 0 Å². The van der Waals surface area contributed by atoms with Crippen molar-refractivity contribution in [3.05, 3.63) is 0 Å². The van der Waals surface area contributed by atoms with Crippen LogP contribution >= 0.6 is 0 Å². The average Bonchev–Trinajstić information content (AvgIpc) is 2.49. The summed E-state index contributed by atoms with van der Waals surface area (Å²) in [6.45, 7) is 2.21. The zero-order chi connectivity index (χ0) is 15.8. The number of aliphatic hydroxyl groups is 1. The maximum Gasteiger partial charge on any atom is 0.305 e. The summed E-state index contributed by atoms with van der Waals surface area (Å²) in [5, 5.41) is 9.85. The molecular weight excluding hydrogens is 264 g/mol. The highest BCUT2D eigenvalue weighted by atomic mass is 16.5. The van der Waals surface area contributed by atoms with Crippen LogP contribution in [0, 0.1) is 0 Å². The number of hydrogen-bond acceptors (Lipinski definition) is 3. The lowest BCUT2D eigenvalue weighted by atomic mass is 10.0. The zero-order valence-electron chi connectivity index (χ0n) is 14.2. The second-order valence-corrected chi connectivity index (χ2v) is 6.09. The fourth-order valence-electron chi connectivity index (χ4n) is 2.59. The largest absolute Gasteiger partial charge is 0.469 e. The van der Waals surface area contributed by atoms with Crippen molar-refractivity contribution in [1.29, 1.82) is 0 Å². The van der Waals surface area contributed by atoms with Crippen molar-refractivity contribution in [2.24, 2.45) is 0 Å². The molecule has 0 aliphatic heterocycles. The first kappa shape index (κ1) is 20.4. The van der Waals surface area contributed by atoms with E-state index in [4.69, 9.17) is 0 Å². The monoisotopic (exact) mass is 300 g/mol. The van der Waals surface area contributed by atoms with Gasteiger partial charge in [-0.15, -0.1) is 0 Å². The number of ether oxygens (including phenoxy) is 1. The molecule has 0 saturated heterocycles. The predicted molar refractivity (Wildman–Crippen MR) is 88.3 cm³/mol. The summed E-state index contributed by atoms with van der Waals surface area (Å²) >= 11 is 0. The summed E-state index contributed by atoms with van der Waals surface area (Å²) in [5.74, 6) is -0.0945. The third-order valence-corrected chi connectivity index (χ3v) is 4.04. The van der Waals surface area contributed by atoms with E-state index >= 15 is 0 Å². The SMILES string of the molecule is CCCCCC[C@H](O)CCCCCCCCCC(=O)OC. The van der Waals surface area contributed by atoms with Crippen LogP contribution < -0.4 is 0 Å². The molecular formula is C18H36O3. The molecule has 0 unspecified atom stereocenters. The van der Waals surface area contributed by atoms with Crippen molar-refractivity contribution >= 4 is 5.97 Å². The van der Waals surface area contributed by atoms with Gasteiger partial charge in [0.2, 0.25) is 0 Å². The Labute approximate surface area is 131 Å². The molecule has 0 fully saturated rings. The van der Waals surface area contributed by atoms with Crippen molar-refractivity contribution in [3.63, 3.8) is 0 Å². The molecule has 3 nitrogen and oxygen atoms in total.